The van der Waals surface area contributed by atoms with Gasteiger partial charge in [0.25, 0.3) is 16.7 Å². The average Bonchev–Trinajstić information content (AvgIpc) is 2.68. The maximum Gasteiger partial charge on any atom is 0.261 e. The van der Waals surface area contributed by atoms with Crippen LogP contribution in [0.5, 0.6) is 0 Å². The molecule has 1 aromatic carbocycles. The second-order valence-corrected chi connectivity index (χ2v) is 3.44. The van der Waals surface area contributed by atoms with E-state index in [1.807, 2.05) is 0 Å². The van der Waals surface area contributed by atoms with Gasteiger partial charge in [-0.15, -0.1) is 10.2 Å². The van der Waals surface area contributed by atoms with Crippen LogP contribution in [0.15, 0.2) is 45.8 Å². The summed E-state index contributed by atoms with van der Waals surface area (Å²) in [6.45, 7) is 0. The molecule has 0 saturated heterocycles. The Morgan fingerprint density at radius 3 is 2.47 bits per heavy atom. The van der Waals surface area contributed by atoms with Gasteiger partial charge in [-0.3, -0.25) is 0 Å². The van der Waals surface area contributed by atoms with Crippen LogP contribution in [-0.4, -0.2) is 14.6 Å². The van der Waals surface area contributed by atoms with Gasteiger partial charge in [0.1, 0.15) is 0 Å². The molecule has 0 spiro atoms. The summed E-state index contributed by atoms with van der Waals surface area (Å²) in [5.41, 5.74) is -0.856. The summed E-state index contributed by atoms with van der Waals surface area (Å²) in [4.78, 5) is 0. The maximum atomic E-state index is 10.6. The highest BCUT2D eigenvalue weighted by Crippen LogP contribution is 2.29. The van der Waals surface area contributed by atoms with Crippen molar-refractivity contribution in [3.05, 3.63) is 35.9 Å². The summed E-state index contributed by atoms with van der Waals surface area (Å²) in [6.07, 6.45) is 1.24. The highest BCUT2D eigenvalue weighted by Gasteiger charge is 2.36. The fraction of sp³-hybridized carbons (Fsp3) is 0.125. The number of hydrogen-bond donors (Lipinski definition) is 1. The minimum atomic E-state index is -3.03. The molecule has 0 bridgehead atoms. The molecule has 1 aliphatic heterocycles. The van der Waals surface area contributed by atoms with E-state index in [2.05, 4.69) is 15.4 Å². The van der Waals surface area contributed by atoms with Crippen LogP contribution in [0.4, 0.5) is 0 Å². The van der Waals surface area contributed by atoms with Crippen LogP contribution >= 0.6 is 0 Å². The van der Waals surface area contributed by atoms with Crippen molar-refractivity contribution >= 4 is 17.2 Å². The Bertz CT molecular complexity index is 461. The molecule has 1 aliphatic rings. The zero-order valence-electron chi connectivity index (χ0n) is 7.48. The standard InChI is InChI=1S/C8H7N3O3S/c12-15(13)14-8(6-9-11-10-8)7-4-2-1-3-5-7/h1-6,15H. The van der Waals surface area contributed by atoms with Gasteiger partial charge in [-0.2, -0.15) is 0 Å². The lowest BCUT2D eigenvalue weighted by Gasteiger charge is -2.17. The predicted molar refractivity (Wildman–Crippen MR) is 52.9 cm³/mol. The zero-order valence-corrected chi connectivity index (χ0v) is 8.37. The summed E-state index contributed by atoms with van der Waals surface area (Å²) in [6, 6.07) is 8.68. The molecule has 1 unspecified atom stereocenters. The molecule has 15 heavy (non-hydrogen) atoms. The summed E-state index contributed by atoms with van der Waals surface area (Å²) >= 11 is 0. The predicted octanol–water partition coefficient (Wildman–Crippen LogP) is 0.834. The molecule has 2 rings (SSSR count). The van der Waals surface area contributed by atoms with Crippen molar-refractivity contribution in [1.82, 2.24) is 0 Å². The van der Waals surface area contributed by atoms with Crippen LogP contribution in [0.1, 0.15) is 5.56 Å². The van der Waals surface area contributed by atoms with Gasteiger partial charge in [-0.25, -0.2) is 12.6 Å². The molecular formula is C8H7N3O3S. The van der Waals surface area contributed by atoms with Crippen molar-refractivity contribution in [3.63, 3.8) is 0 Å². The van der Waals surface area contributed by atoms with Gasteiger partial charge in [0, 0.05) is 5.56 Å². The first-order chi connectivity index (χ1) is 7.23. The Morgan fingerprint density at radius 1 is 1.20 bits per heavy atom. The van der Waals surface area contributed by atoms with Crippen LogP contribution in [-0.2, 0) is 20.9 Å². The van der Waals surface area contributed by atoms with Gasteiger partial charge >= 0.3 is 0 Å². The van der Waals surface area contributed by atoms with Crippen LogP contribution in [0.3, 0.4) is 0 Å². The summed E-state index contributed by atoms with van der Waals surface area (Å²) < 4.78 is 25.9. The van der Waals surface area contributed by atoms with E-state index in [-0.39, 0.29) is 0 Å². The third kappa shape index (κ3) is 1.92. The SMILES string of the molecule is O=[SH](=O)OC1(c2ccccc2)C=NN=N1. The van der Waals surface area contributed by atoms with Crippen LogP contribution < -0.4 is 0 Å². The minimum Gasteiger partial charge on any atom is -0.229 e. The van der Waals surface area contributed by atoms with Crippen LogP contribution in [0.2, 0.25) is 0 Å². The molecule has 78 valence electrons. The van der Waals surface area contributed by atoms with E-state index in [4.69, 9.17) is 4.18 Å². The minimum absolute atomic E-state index is 0.564. The van der Waals surface area contributed by atoms with Crippen molar-refractivity contribution in [2.24, 2.45) is 15.4 Å². The van der Waals surface area contributed by atoms with E-state index in [0.717, 1.165) is 0 Å². The second kappa shape index (κ2) is 3.87. The topological polar surface area (TPSA) is 80.5 Å². The summed E-state index contributed by atoms with van der Waals surface area (Å²) in [5, 5.41) is 10.6. The lowest BCUT2D eigenvalue weighted by molar-refractivity contribution is 0.171. The van der Waals surface area contributed by atoms with E-state index in [0.29, 0.717) is 5.56 Å². The summed E-state index contributed by atoms with van der Waals surface area (Å²) in [5.74, 6) is 0. The number of thiol groups is 1. The Hall–Kier alpha value is -1.60. The van der Waals surface area contributed by atoms with Crippen LogP contribution in [0, 0.1) is 0 Å². The average molecular weight is 225 g/mol. The molecule has 0 N–H and O–H groups in total. The molecule has 0 amide bonds. The molecule has 7 heteroatoms. The van der Waals surface area contributed by atoms with Gasteiger partial charge in [0.2, 0.25) is 0 Å². The number of rotatable bonds is 3. The second-order valence-electron chi connectivity index (χ2n) is 2.81. The van der Waals surface area contributed by atoms with Gasteiger partial charge in [0.05, 0.1) is 6.21 Å². The van der Waals surface area contributed by atoms with Crippen molar-refractivity contribution in [3.8, 4) is 0 Å². The fourth-order valence-electron chi connectivity index (χ4n) is 1.24. The third-order valence-electron chi connectivity index (χ3n) is 1.88. The number of hydrogen-bond acceptors (Lipinski definition) is 6. The zero-order chi connectivity index (χ0) is 10.7. The first-order valence-corrected chi connectivity index (χ1v) is 5.18. The molecule has 0 fully saturated rings. The molecule has 1 atom stereocenters. The van der Waals surface area contributed by atoms with Crippen molar-refractivity contribution in [2.45, 2.75) is 5.72 Å². The fourth-order valence-corrected chi connectivity index (χ4v) is 1.66. The molecule has 0 aliphatic carbocycles. The van der Waals surface area contributed by atoms with E-state index in [1.54, 1.807) is 30.3 Å². The van der Waals surface area contributed by atoms with Gasteiger partial charge in [0.15, 0.2) is 0 Å². The first kappa shape index (κ1) is 9.94. The lowest BCUT2D eigenvalue weighted by atomic mass is 10.1. The Labute approximate surface area is 87.4 Å². The first-order valence-electron chi connectivity index (χ1n) is 4.08. The summed E-state index contributed by atoms with van der Waals surface area (Å²) in [7, 11) is -3.03. The Kier molecular flexibility index (Phi) is 2.57. The van der Waals surface area contributed by atoms with Gasteiger partial charge in [-0.1, -0.05) is 30.3 Å². The monoisotopic (exact) mass is 225 g/mol. The molecule has 0 radical (unpaired) electrons. The molecule has 6 nitrogen and oxygen atoms in total. The van der Waals surface area contributed by atoms with Crippen molar-refractivity contribution in [1.29, 1.82) is 0 Å². The number of benzene rings is 1. The normalized spacial score (nSPS) is 23.8. The Morgan fingerprint density at radius 2 is 1.93 bits per heavy atom. The lowest BCUT2D eigenvalue weighted by Crippen LogP contribution is -2.26. The highest BCUT2D eigenvalue weighted by atomic mass is 32.2. The van der Waals surface area contributed by atoms with E-state index < -0.39 is 16.7 Å². The van der Waals surface area contributed by atoms with Crippen molar-refractivity contribution < 1.29 is 12.6 Å². The third-order valence-corrected chi connectivity index (χ3v) is 2.31. The quantitative estimate of drug-likeness (QED) is 0.774. The van der Waals surface area contributed by atoms with E-state index in [1.165, 1.54) is 6.21 Å². The van der Waals surface area contributed by atoms with Gasteiger partial charge < -0.3 is 0 Å². The highest BCUT2D eigenvalue weighted by molar-refractivity contribution is 7.67. The van der Waals surface area contributed by atoms with E-state index >= 15 is 0 Å². The van der Waals surface area contributed by atoms with Crippen LogP contribution in [0.25, 0.3) is 0 Å². The maximum absolute atomic E-state index is 10.6. The molecule has 0 aromatic heterocycles. The van der Waals surface area contributed by atoms with Crippen molar-refractivity contribution in [2.75, 3.05) is 0 Å². The molecular weight excluding hydrogens is 218 g/mol. The Balaban J connectivity index is 2.45. The molecule has 1 aromatic rings. The van der Waals surface area contributed by atoms with E-state index in [9.17, 15) is 8.42 Å². The largest absolute Gasteiger partial charge is 0.261 e. The smallest absolute Gasteiger partial charge is 0.229 e. The van der Waals surface area contributed by atoms with Gasteiger partial charge in [-0.05, 0) is 5.22 Å². The molecule has 1 heterocycles. The molecule has 0 saturated carbocycles. The number of nitrogens with zero attached hydrogens (tertiary/aromatic N) is 3.